The molecule has 4 aromatic heterocycles. The minimum atomic E-state index is -2.48. The molecular weight excluding hydrogens is 450 g/mol. The molecule has 33 heavy (non-hydrogen) atoms. The van der Waals surface area contributed by atoms with Gasteiger partial charge < -0.3 is 10.2 Å². The van der Waals surface area contributed by atoms with E-state index >= 15 is 0 Å². The molecule has 1 aliphatic rings. The van der Waals surface area contributed by atoms with Gasteiger partial charge in [0.05, 0.1) is 36.3 Å². The zero-order valence-corrected chi connectivity index (χ0v) is 18.5. The Morgan fingerprint density at radius 3 is 2.85 bits per heavy atom. The minimum Gasteiger partial charge on any atom is -0.363 e. The summed E-state index contributed by atoms with van der Waals surface area (Å²) >= 11 is 1.61. The molecule has 0 aliphatic carbocycles. The van der Waals surface area contributed by atoms with Crippen molar-refractivity contribution < 1.29 is 8.78 Å². The van der Waals surface area contributed by atoms with Crippen LogP contribution < -0.4 is 10.2 Å². The van der Waals surface area contributed by atoms with Crippen LogP contribution in [0, 0.1) is 11.3 Å². The lowest BCUT2D eigenvalue weighted by Gasteiger charge is -2.50. The SMILES string of the molecule is CSc1cnn(C2(CC#N)CN(c3cccn4nc(Nc5cnn(CC(F)F)c5)nc34)C2)c1. The third-order valence-corrected chi connectivity index (χ3v) is 6.24. The van der Waals surface area contributed by atoms with Crippen molar-refractivity contribution >= 4 is 34.7 Å². The van der Waals surface area contributed by atoms with Gasteiger partial charge in [-0.15, -0.1) is 16.9 Å². The quantitative estimate of drug-likeness (QED) is 0.392. The minimum absolute atomic E-state index is 0.333. The molecule has 1 fully saturated rings. The first-order valence-corrected chi connectivity index (χ1v) is 11.4. The highest BCUT2D eigenvalue weighted by molar-refractivity contribution is 7.98. The third-order valence-electron chi connectivity index (χ3n) is 5.56. The van der Waals surface area contributed by atoms with Crippen LogP contribution in [0.5, 0.6) is 0 Å². The van der Waals surface area contributed by atoms with Crippen molar-refractivity contribution in [2.75, 3.05) is 29.6 Å². The van der Waals surface area contributed by atoms with E-state index in [0.717, 1.165) is 10.6 Å². The van der Waals surface area contributed by atoms with Gasteiger partial charge in [0.2, 0.25) is 5.95 Å². The molecule has 5 heterocycles. The third kappa shape index (κ3) is 3.97. The Morgan fingerprint density at radius 2 is 2.12 bits per heavy atom. The van der Waals surface area contributed by atoms with Gasteiger partial charge in [0, 0.05) is 36.6 Å². The first-order valence-electron chi connectivity index (χ1n) is 10.1. The van der Waals surface area contributed by atoms with Crippen LogP contribution in [0.2, 0.25) is 0 Å². The van der Waals surface area contributed by atoms with Gasteiger partial charge in [0.15, 0.2) is 5.65 Å². The van der Waals surface area contributed by atoms with Crippen LogP contribution in [0.4, 0.5) is 26.1 Å². The molecule has 1 N–H and O–H groups in total. The summed E-state index contributed by atoms with van der Waals surface area (Å²) < 4.78 is 29.8. The number of pyridine rings is 1. The summed E-state index contributed by atoms with van der Waals surface area (Å²) in [6.07, 6.45) is 8.38. The predicted octanol–water partition coefficient (Wildman–Crippen LogP) is 2.98. The number of nitrogens with zero attached hydrogens (tertiary/aromatic N) is 9. The van der Waals surface area contributed by atoms with Crippen molar-refractivity contribution in [3.05, 3.63) is 43.1 Å². The molecule has 170 valence electrons. The number of halogens is 2. The average Bonchev–Trinajstić information content (AvgIpc) is 3.49. The first kappa shape index (κ1) is 21.2. The fraction of sp³-hybridized carbons (Fsp3) is 0.350. The summed E-state index contributed by atoms with van der Waals surface area (Å²) in [5, 5.41) is 25.3. The summed E-state index contributed by atoms with van der Waals surface area (Å²) in [5.74, 6) is 0.333. The van der Waals surface area contributed by atoms with Gasteiger partial charge in [0.25, 0.3) is 6.43 Å². The molecule has 4 aromatic rings. The van der Waals surface area contributed by atoms with Crippen LogP contribution in [0.3, 0.4) is 0 Å². The van der Waals surface area contributed by atoms with E-state index in [1.54, 1.807) is 22.5 Å². The second-order valence-electron chi connectivity index (χ2n) is 7.80. The van der Waals surface area contributed by atoms with Gasteiger partial charge in [0.1, 0.15) is 12.1 Å². The van der Waals surface area contributed by atoms with Crippen LogP contribution in [0.15, 0.2) is 48.0 Å². The molecule has 0 bridgehead atoms. The maximum atomic E-state index is 12.5. The molecule has 5 rings (SSSR count). The van der Waals surface area contributed by atoms with Crippen molar-refractivity contribution in [2.24, 2.45) is 0 Å². The van der Waals surface area contributed by atoms with E-state index in [1.807, 2.05) is 35.5 Å². The maximum absolute atomic E-state index is 12.5. The Balaban J connectivity index is 1.37. The zero-order chi connectivity index (χ0) is 23.0. The number of nitrogens with one attached hydrogen (secondary N) is 1. The van der Waals surface area contributed by atoms with Gasteiger partial charge in [-0.3, -0.25) is 9.36 Å². The monoisotopic (exact) mass is 470 g/mol. The van der Waals surface area contributed by atoms with Gasteiger partial charge >= 0.3 is 0 Å². The molecule has 0 unspecified atom stereocenters. The Bertz CT molecular complexity index is 1310. The van der Waals surface area contributed by atoms with Crippen molar-refractivity contribution in [1.29, 1.82) is 5.26 Å². The molecule has 0 atom stereocenters. The van der Waals surface area contributed by atoms with Crippen LogP contribution in [-0.2, 0) is 12.1 Å². The number of alkyl halides is 2. The summed E-state index contributed by atoms with van der Waals surface area (Å²) in [6.45, 7) is 0.760. The average molecular weight is 471 g/mol. The van der Waals surface area contributed by atoms with E-state index in [4.69, 9.17) is 0 Å². The van der Waals surface area contributed by atoms with E-state index in [9.17, 15) is 14.0 Å². The molecule has 0 spiro atoms. The van der Waals surface area contributed by atoms with Crippen LogP contribution >= 0.6 is 11.8 Å². The number of fused-ring (bicyclic) bond motifs is 1. The predicted molar refractivity (Wildman–Crippen MR) is 119 cm³/mol. The lowest BCUT2D eigenvalue weighted by atomic mass is 9.86. The van der Waals surface area contributed by atoms with E-state index in [-0.39, 0.29) is 0 Å². The highest BCUT2D eigenvalue weighted by atomic mass is 32.2. The molecule has 0 radical (unpaired) electrons. The van der Waals surface area contributed by atoms with E-state index < -0.39 is 18.5 Å². The number of hydrogen-bond donors (Lipinski definition) is 1. The number of rotatable bonds is 8. The fourth-order valence-corrected chi connectivity index (χ4v) is 4.34. The van der Waals surface area contributed by atoms with Crippen LogP contribution in [0.25, 0.3) is 5.65 Å². The van der Waals surface area contributed by atoms with Crippen molar-refractivity contribution in [3.63, 3.8) is 0 Å². The highest BCUT2D eigenvalue weighted by Crippen LogP contribution is 2.38. The Hall–Kier alpha value is -3.66. The normalized spacial score (nSPS) is 15.1. The van der Waals surface area contributed by atoms with Gasteiger partial charge in [-0.1, -0.05) is 0 Å². The lowest BCUT2D eigenvalue weighted by Crippen LogP contribution is -2.63. The molecule has 13 heteroatoms. The van der Waals surface area contributed by atoms with Crippen LogP contribution in [-0.4, -0.2) is 59.9 Å². The first-order chi connectivity index (χ1) is 16.0. The lowest BCUT2D eigenvalue weighted by molar-refractivity contribution is 0.122. The van der Waals surface area contributed by atoms with Crippen molar-refractivity contribution in [1.82, 2.24) is 34.2 Å². The zero-order valence-electron chi connectivity index (χ0n) is 17.6. The molecule has 0 amide bonds. The molecule has 0 aromatic carbocycles. The van der Waals surface area contributed by atoms with E-state index in [1.165, 1.54) is 17.1 Å². The molecule has 10 nitrogen and oxygen atoms in total. The van der Waals surface area contributed by atoms with Crippen molar-refractivity contribution in [2.45, 2.75) is 29.8 Å². The standard InChI is InChI=1S/C20H20F2N10S/c1-33-15-8-25-32(10-15)20(4-5-23)12-29(13-20)16-3-2-6-31-18(16)27-19(28-31)26-14-7-24-30(9-14)11-17(21)22/h2-3,6-10,17H,4,11-13H2,1H3,(H,26,28). The highest BCUT2D eigenvalue weighted by Gasteiger charge is 2.46. The second kappa shape index (κ2) is 8.36. The Morgan fingerprint density at radius 1 is 1.27 bits per heavy atom. The summed E-state index contributed by atoms with van der Waals surface area (Å²) in [6, 6.07) is 6.14. The summed E-state index contributed by atoms with van der Waals surface area (Å²) in [7, 11) is 0. The van der Waals surface area contributed by atoms with Gasteiger partial charge in [-0.05, 0) is 18.4 Å². The largest absolute Gasteiger partial charge is 0.363 e. The Kier molecular flexibility index (Phi) is 5.37. The topological polar surface area (TPSA) is 105 Å². The number of nitriles is 1. The smallest absolute Gasteiger partial charge is 0.257 e. The van der Waals surface area contributed by atoms with Gasteiger partial charge in [-0.25, -0.2) is 13.3 Å². The fourth-order valence-electron chi connectivity index (χ4n) is 3.98. The summed E-state index contributed by atoms with van der Waals surface area (Å²) in [5.41, 5.74) is 1.66. The number of thioether (sulfide) groups is 1. The molecular formula is C20H20F2N10S. The molecule has 1 aliphatic heterocycles. The Labute approximate surface area is 191 Å². The molecule has 1 saturated heterocycles. The van der Waals surface area contributed by atoms with Gasteiger partial charge in [-0.2, -0.15) is 20.4 Å². The van der Waals surface area contributed by atoms with Crippen molar-refractivity contribution in [3.8, 4) is 6.07 Å². The maximum Gasteiger partial charge on any atom is 0.257 e. The number of hydrogen-bond acceptors (Lipinski definition) is 8. The summed E-state index contributed by atoms with van der Waals surface area (Å²) in [4.78, 5) is 7.79. The number of anilines is 3. The van der Waals surface area contributed by atoms with Crippen LogP contribution in [0.1, 0.15) is 6.42 Å². The molecule has 0 saturated carbocycles. The second-order valence-corrected chi connectivity index (χ2v) is 8.68. The number of aromatic nitrogens is 7. The van der Waals surface area contributed by atoms with E-state index in [0.29, 0.717) is 36.8 Å². The van der Waals surface area contributed by atoms with E-state index in [2.05, 4.69) is 36.6 Å².